The molecule has 1 heterocycles. The van der Waals surface area contributed by atoms with Crippen LogP contribution in [-0.4, -0.2) is 24.2 Å². The Morgan fingerprint density at radius 2 is 2.00 bits per heavy atom. The van der Waals surface area contributed by atoms with E-state index in [1.807, 2.05) is 36.4 Å². The van der Waals surface area contributed by atoms with Gasteiger partial charge in [-0.05, 0) is 48.6 Å². The van der Waals surface area contributed by atoms with Crippen molar-refractivity contribution >= 4 is 5.91 Å². The molecule has 1 aliphatic heterocycles. The highest BCUT2D eigenvalue weighted by atomic mass is 16.5. The standard InChI is InChI=1S/C21H24N2O3/c24-15-9-8-14-4-3-6-18(17(14)12-15)22-13-21(25)23-19-10-11-26-20-7-2-1-5-16(19)20/h1-2,5,7-9,12,18-19,22,24H,3-4,6,10-11,13H2,(H,23,25)/t18-,19-/m0/s1. The van der Waals surface area contributed by atoms with Crippen LogP contribution in [0.3, 0.4) is 0 Å². The van der Waals surface area contributed by atoms with E-state index in [0.29, 0.717) is 6.61 Å². The van der Waals surface area contributed by atoms with Gasteiger partial charge in [0.1, 0.15) is 11.5 Å². The second-order valence-electron chi connectivity index (χ2n) is 7.00. The number of carbonyl (C=O) groups excluding carboxylic acids is 1. The molecule has 2 atom stereocenters. The van der Waals surface area contributed by atoms with Crippen LogP contribution < -0.4 is 15.4 Å². The van der Waals surface area contributed by atoms with E-state index < -0.39 is 0 Å². The zero-order valence-electron chi connectivity index (χ0n) is 14.7. The van der Waals surface area contributed by atoms with Gasteiger partial charge in [-0.2, -0.15) is 0 Å². The maximum absolute atomic E-state index is 12.5. The average Bonchev–Trinajstić information content (AvgIpc) is 2.66. The van der Waals surface area contributed by atoms with E-state index in [1.54, 1.807) is 6.07 Å². The number of amides is 1. The normalized spacial score (nSPS) is 21.2. The van der Waals surface area contributed by atoms with Crippen LogP contribution in [0.4, 0.5) is 0 Å². The van der Waals surface area contributed by atoms with Gasteiger partial charge in [-0.25, -0.2) is 0 Å². The van der Waals surface area contributed by atoms with Crippen LogP contribution in [0.15, 0.2) is 42.5 Å². The van der Waals surface area contributed by atoms with Gasteiger partial charge >= 0.3 is 0 Å². The number of carbonyl (C=O) groups is 1. The number of aryl methyl sites for hydroxylation is 1. The van der Waals surface area contributed by atoms with Crippen molar-refractivity contribution in [1.82, 2.24) is 10.6 Å². The number of ether oxygens (including phenoxy) is 1. The Balaban J connectivity index is 1.38. The lowest BCUT2D eigenvalue weighted by molar-refractivity contribution is -0.121. The number of aromatic hydroxyl groups is 1. The molecule has 26 heavy (non-hydrogen) atoms. The maximum Gasteiger partial charge on any atom is 0.234 e. The van der Waals surface area contributed by atoms with Crippen molar-refractivity contribution in [1.29, 1.82) is 0 Å². The molecule has 0 radical (unpaired) electrons. The summed E-state index contributed by atoms with van der Waals surface area (Å²) in [5.74, 6) is 1.12. The Kier molecular flexibility index (Phi) is 4.80. The Labute approximate surface area is 153 Å². The lowest BCUT2D eigenvalue weighted by atomic mass is 9.87. The van der Waals surface area contributed by atoms with Crippen molar-refractivity contribution in [3.63, 3.8) is 0 Å². The van der Waals surface area contributed by atoms with Gasteiger partial charge in [0.25, 0.3) is 0 Å². The summed E-state index contributed by atoms with van der Waals surface area (Å²) in [4.78, 5) is 12.5. The van der Waals surface area contributed by atoms with Gasteiger partial charge in [-0.15, -0.1) is 0 Å². The van der Waals surface area contributed by atoms with Crippen LogP contribution >= 0.6 is 0 Å². The van der Waals surface area contributed by atoms with E-state index in [-0.39, 0.29) is 30.3 Å². The fourth-order valence-corrected chi connectivity index (χ4v) is 3.95. The minimum Gasteiger partial charge on any atom is -0.508 e. The molecule has 0 bridgehead atoms. The minimum absolute atomic E-state index is 0.00284. The number of phenols is 1. The maximum atomic E-state index is 12.5. The van der Waals surface area contributed by atoms with Crippen LogP contribution in [0.2, 0.25) is 0 Å². The molecule has 1 amide bonds. The monoisotopic (exact) mass is 352 g/mol. The smallest absolute Gasteiger partial charge is 0.234 e. The molecular weight excluding hydrogens is 328 g/mol. The van der Waals surface area contributed by atoms with Gasteiger partial charge in [-0.1, -0.05) is 24.3 Å². The summed E-state index contributed by atoms with van der Waals surface area (Å²) in [5, 5.41) is 16.3. The van der Waals surface area contributed by atoms with Crippen LogP contribution in [0, 0.1) is 0 Å². The number of nitrogens with one attached hydrogen (secondary N) is 2. The molecule has 136 valence electrons. The first-order chi connectivity index (χ1) is 12.7. The van der Waals surface area contributed by atoms with Crippen LogP contribution in [0.1, 0.15) is 48.0 Å². The predicted molar refractivity (Wildman–Crippen MR) is 99.2 cm³/mol. The Bertz CT molecular complexity index is 806. The molecule has 3 N–H and O–H groups in total. The second-order valence-corrected chi connectivity index (χ2v) is 7.00. The lowest BCUT2D eigenvalue weighted by Crippen LogP contribution is -2.39. The average molecular weight is 352 g/mol. The number of fused-ring (bicyclic) bond motifs is 2. The largest absolute Gasteiger partial charge is 0.508 e. The van der Waals surface area contributed by atoms with E-state index >= 15 is 0 Å². The van der Waals surface area contributed by atoms with Crippen molar-refractivity contribution in [3.8, 4) is 11.5 Å². The van der Waals surface area contributed by atoms with Crippen LogP contribution in [-0.2, 0) is 11.2 Å². The highest BCUT2D eigenvalue weighted by molar-refractivity contribution is 5.78. The fourth-order valence-electron chi connectivity index (χ4n) is 3.95. The highest BCUT2D eigenvalue weighted by Gasteiger charge is 2.24. The van der Waals surface area contributed by atoms with Gasteiger partial charge < -0.3 is 20.5 Å². The summed E-state index contributed by atoms with van der Waals surface area (Å²) in [7, 11) is 0. The van der Waals surface area contributed by atoms with E-state index in [1.165, 1.54) is 5.56 Å². The fraction of sp³-hybridized carbons (Fsp3) is 0.381. The third kappa shape index (κ3) is 3.53. The molecule has 1 aliphatic carbocycles. The summed E-state index contributed by atoms with van der Waals surface area (Å²) in [6, 6.07) is 13.5. The summed E-state index contributed by atoms with van der Waals surface area (Å²) < 4.78 is 5.65. The number of hydrogen-bond donors (Lipinski definition) is 3. The van der Waals surface area contributed by atoms with E-state index in [4.69, 9.17) is 4.74 Å². The van der Waals surface area contributed by atoms with Crippen LogP contribution in [0.5, 0.6) is 11.5 Å². The molecule has 2 aromatic rings. The quantitative estimate of drug-likeness (QED) is 0.791. The van der Waals surface area contributed by atoms with Gasteiger partial charge in [0.15, 0.2) is 0 Å². The number of benzene rings is 2. The SMILES string of the molecule is O=C(CN[C@H]1CCCc2ccc(O)cc21)N[C@H]1CCOc2ccccc21. The first-order valence-electron chi connectivity index (χ1n) is 9.27. The molecule has 5 nitrogen and oxygen atoms in total. The minimum atomic E-state index is -0.0148. The Hall–Kier alpha value is -2.53. The first-order valence-corrected chi connectivity index (χ1v) is 9.27. The second kappa shape index (κ2) is 7.38. The van der Waals surface area contributed by atoms with Crippen LogP contribution in [0.25, 0.3) is 0 Å². The molecule has 0 unspecified atom stereocenters. The van der Waals surface area contributed by atoms with Crippen molar-refractivity contribution in [2.75, 3.05) is 13.2 Å². The molecule has 0 fully saturated rings. The number of hydrogen-bond acceptors (Lipinski definition) is 4. The molecule has 0 saturated carbocycles. The number of rotatable bonds is 4. The topological polar surface area (TPSA) is 70.6 Å². The van der Waals surface area contributed by atoms with Crippen molar-refractivity contribution in [2.45, 2.75) is 37.8 Å². The molecular formula is C21H24N2O3. The number of phenolic OH excluding ortho intramolecular Hbond substituents is 1. The first kappa shape index (κ1) is 16.9. The molecule has 2 aromatic carbocycles. The predicted octanol–water partition coefficient (Wildman–Crippen LogP) is 3.00. The van der Waals surface area contributed by atoms with E-state index in [2.05, 4.69) is 10.6 Å². The van der Waals surface area contributed by atoms with Gasteiger partial charge in [0.05, 0.1) is 19.2 Å². The third-order valence-corrected chi connectivity index (χ3v) is 5.25. The summed E-state index contributed by atoms with van der Waals surface area (Å²) >= 11 is 0. The molecule has 0 spiro atoms. The van der Waals surface area contributed by atoms with Crippen molar-refractivity contribution < 1.29 is 14.6 Å². The molecule has 2 aliphatic rings. The molecule has 0 aromatic heterocycles. The van der Waals surface area contributed by atoms with E-state index in [9.17, 15) is 9.90 Å². The molecule has 0 saturated heterocycles. The zero-order chi connectivity index (χ0) is 17.9. The third-order valence-electron chi connectivity index (χ3n) is 5.25. The van der Waals surface area contributed by atoms with Gasteiger partial charge in [-0.3, -0.25) is 4.79 Å². The van der Waals surface area contributed by atoms with Crippen molar-refractivity contribution in [2.24, 2.45) is 0 Å². The Morgan fingerprint density at radius 3 is 2.92 bits per heavy atom. The van der Waals surface area contributed by atoms with E-state index in [0.717, 1.165) is 42.6 Å². The van der Waals surface area contributed by atoms with Gasteiger partial charge in [0, 0.05) is 18.0 Å². The summed E-state index contributed by atoms with van der Waals surface area (Å²) in [6.07, 6.45) is 3.87. The number of para-hydroxylation sites is 1. The molecule has 5 heteroatoms. The van der Waals surface area contributed by atoms with Crippen molar-refractivity contribution in [3.05, 3.63) is 59.2 Å². The lowest BCUT2D eigenvalue weighted by Gasteiger charge is -2.28. The summed E-state index contributed by atoms with van der Waals surface area (Å²) in [6.45, 7) is 0.879. The molecule has 4 rings (SSSR count). The zero-order valence-corrected chi connectivity index (χ0v) is 14.7. The summed E-state index contributed by atoms with van der Waals surface area (Å²) in [5.41, 5.74) is 3.41. The van der Waals surface area contributed by atoms with Gasteiger partial charge in [0.2, 0.25) is 5.91 Å². The highest BCUT2D eigenvalue weighted by Crippen LogP contribution is 2.33. The Morgan fingerprint density at radius 1 is 1.12 bits per heavy atom.